The maximum Gasteiger partial charge on any atom is 0.165 e. The van der Waals surface area contributed by atoms with Crippen LogP contribution in [0.3, 0.4) is 0 Å². The van der Waals surface area contributed by atoms with Crippen LogP contribution in [-0.4, -0.2) is 27.2 Å². The molecule has 0 saturated heterocycles. The molecule has 1 aliphatic heterocycles. The normalized spacial score (nSPS) is 15.0. The number of nitrogens with zero attached hydrogens (tertiary/aromatic N) is 4. The lowest BCUT2D eigenvalue weighted by atomic mass is 9.99. The Kier molecular flexibility index (Phi) is 4.77. The van der Waals surface area contributed by atoms with Gasteiger partial charge in [-0.3, -0.25) is 0 Å². The van der Waals surface area contributed by atoms with E-state index >= 15 is 0 Å². The molecule has 4 rings (SSSR count). The number of benzene rings is 1. The topological polar surface area (TPSA) is 33.4 Å². The van der Waals surface area contributed by atoms with Crippen molar-refractivity contribution in [2.24, 2.45) is 5.92 Å². The molecule has 0 N–H and O–H groups in total. The molecule has 28 heavy (non-hydrogen) atoms. The first kappa shape index (κ1) is 19.4. The van der Waals surface area contributed by atoms with Crippen LogP contribution in [0.25, 0.3) is 16.8 Å². The molecule has 1 aromatic carbocycles. The largest absolute Gasteiger partial charge is 0.353 e. The predicted octanol–water partition coefficient (Wildman–Crippen LogP) is 5.80. The van der Waals surface area contributed by atoms with Crippen molar-refractivity contribution < 1.29 is 0 Å². The van der Waals surface area contributed by atoms with Gasteiger partial charge in [0.25, 0.3) is 0 Å². The van der Waals surface area contributed by atoms with Gasteiger partial charge in [-0.05, 0) is 64.2 Å². The number of anilines is 1. The molecule has 0 bridgehead atoms. The molecule has 1 aliphatic rings. The summed E-state index contributed by atoms with van der Waals surface area (Å²) in [6.07, 6.45) is 1.04. The Morgan fingerprint density at radius 1 is 1.00 bits per heavy atom. The molecule has 1 atom stereocenters. The third-order valence-electron chi connectivity index (χ3n) is 6.23. The van der Waals surface area contributed by atoms with Gasteiger partial charge >= 0.3 is 0 Å². The average Bonchev–Trinajstić information content (AvgIpc) is 3.16. The zero-order valence-corrected chi connectivity index (χ0v) is 19.5. The first-order valence-electron chi connectivity index (χ1n) is 10.1. The van der Waals surface area contributed by atoms with E-state index in [9.17, 15) is 0 Å². The van der Waals surface area contributed by atoms with Crippen LogP contribution in [0.15, 0.2) is 16.6 Å². The lowest BCUT2D eigenvalue weighted by molar-refractivity contribution is 0.488. The van der Waals surface area contributed by atoms with Gasteiger partial charge in [-0.15, -0.1) is 0 Å². The van der Waals surface area contributed by atoms with E-state index in [-0.39, 0.29) is 0 Å². The van der Waals surface area contributed by atoms with Crippen LogP contribution in [0.1, 0.15) is 48.8 Å². The van der Waals surface area contributed by atoms with Crippen LogP contribution in [0.2, 0.25) is 0 Å². The molecular formula is C23H29BrN4. The Morgan fingerprint density at radius 2 is 1.71 bits per heavy atom. The van der Waals surface area contributed by atoms with Crippen molar-refractivity contribution in [1.29, 1.82) is 0 Å². The van der Waals surface area contributed by atoms with Gasteiger partial charge in [0, 0.05) is 33.9 Å². The maximum absolute atomic E-state index is 5.04. The minimum atomic E-state index is 0.465. The molecule has 2 aromatic heterocycles. The fourth-order valence-corrected chi connectivity index (χ4v) is 5.36. The Balaban J connectivity index is 2.03. The molecule has 5 heteroatoms. The molecule has 0 fully saturated rings. The maximum atomic E-state index is 5.04. The third-order valence-corrected chi connectivity index (χ3v) is 6.86. The molecule has 0 aliphatic carbocycles. The molecule has 3 aromatic rings. The van der Waals surface area contributed by atoms with Gasteiger partial charge in [0.05, 0.1) is 11.3 Å². The smallest absolute Gasteiger partial charge is 0.165 e. The Labute approximate surface area is 176 Å². The lowest BCUT2D eigenvalue weighted by Gasteiger charge is -2.30. The molecule has 0 radical (unpaired) electrons. The zero-order valence-electron chi connectivity index (χ0n) is 17.9. The summed E-state index contributed by atoms with van der Waals surface area (Å²) in [6.45, 7) is 16.5. The van der Waals surface area contributed by atoms with E-state index in [1.807, 2.05) is 0 Å². The van der Waals surface area contributed by atoms with Crippen LogP contribution in [0.5, 0.6) is 0 Å². The molecule has 0 spiro atoms. The number of aromatic nitrogens is 3. The van der Waals surface area contributed by atoms with Crippen LogP contribution in [0, 0.1) is 33.6 Å². The van der Waals surface area contributed by atoms with E-state index in [4.69, 9.17) is 10.1 Å². The predicted molar refractivity (Wildman–Crippen MR) is 120 cm³/mol. The van der Waals surface area contributed by atoms with Gasteiger partial charge in [-0.1, -0.05) is 35.8 Å². The average molecular weight is 441 g/mol. The summed E-state index contributed by atoms with van der Waals surface area (Å²) in [6, 6.07) is 4.88. The first-order chi connectivity index (χ1) is 13.2. The standard InChI is InChI=1S/C23H29BrN4/c1-12(2)17(7)27-9-8-18-15(5)25-22-21(16(6)26-28(22)23(18)27)20-14(4)10-13(3)11-19(20)24/h10-12,17H,8-9H2,1-7H3. The van der Waals surface area contributed by atoms with E-state index < -0.39 is 0 Å². The van der Waals surface area contributed by atoms with E-state index in [0.717, 1.165) is 40.0 Å². The number of hydrogen-bond acceptors (Lipinski definition) is 3. The highest BCUT2D eigenvalue weighted by molar-refractivity contribution is 9.10. The number of aryl methyl sites for hydroxylation is 4. The summed E-state index contributed by atoms with van der Waals surface area (Å²) in [7, 11) is 0. The van der Waals surface area contributed by atoms with Crippen molar-refractivity contribution in [2.45, 2.75) is 60.9 Å². The molecule has 1 unspecified atom stereocenters. The van der Waals surface area contributed by atoms with E-state index in [0.29, 0.717) is 12.0 Å². The second-order valence-electron chi connectivity index (χ2n) is 8.56. The molecular weight excluding hydrogens is 412 g/mol. The van der Waals surface area contributed by atoms with E-state index in [1.165, 1.54) is 28.1 Å². The van der Waals surface area contributed by atoms with Crippen molar-refractivity contribution in [3.8, 4) is 11.1 Å². The summed E-state index contributed by atoms with van der Waals surface area (Å²) in [5, 5.41) is 4.99. The monoisotopic (exact) mass is 440 g/mol. The Bertz CT molecular complexity index is 1060. The van der Waals surface area contributed by atoms with Crippen LogP contribution >= 0.6 is 15.9 Å². The van der Waals surface area contributed by atoms with Crippen LogP contribution in [0.4, 0.5) is 5.82 Å². The van der Waals surface area contributed by atoms with Gasteiger partial charge < -0.3 is 4.90 Å². The van der Waals surface area contributed by atoms with Crippen molar-refractivity contribution in [3.63, 3.8) is 0 Å². The number of rotatable bonds is 3. The Hall–Kier alpha value is -1.88. The highest BCUT2D eigenvalue weighted by Gasteiger charge is 2.32. The minimum absolute atomic E-state index is 0.465. The molecule has 0 amide bonds. The molecule has 0 saturated carbocycles. The van der Waals surface area contributed by atoms with Crippen molar-refractivity contribution in [3.05, 3.63) is 44.7 Å². The number of halogens is 1. The highest BCUT2D eigenvalue weighted by Crippen LogP contribution is 2.40. The van der Waals surface area contributed by atoms with Crippen LogP contribution in [-0.2, 0) is 6.42 Å². The molecule has 148 valence electrons. The third kappa shape index (κ3) is 2.86. The highest BCUT2D eigenvalue weighted by atomic mass is 79.9. The SMILES string of the molecule is Cc1cc(C)c(-c2c(C)nn3c4c(c(C)nc23)CCN4C(C)C(C)C)c(Br)c1. The van der Waals surface area contributed by atoms with Crippen molar-refractivity contribution >= 4 is 27.4 Å². The van der Waals surface area contributed by atoms with E-state index in [2.05, 4.69) is 85.9 Å². The summed E-state index contributed by atoms with van der Waals surface area (Å²) < 4.78 is 3.21. The van der Waals surface area contributed by atoms with Gasteiger partial charge in [0.2, 0.25) is 0 Å². The quantitative estimate of drug-likeness (QED) is 0.515. The lowest BCUT2D eigenvalue weighted by Crippen LogP contribution is -2.36. The van der Waals surface area contributed by atoms with Gasteiger partial charge in [0.1, 0.15) is 5.82 Å². The molecule has 4 nitrogen and oxygen atoms in total. The fraction of sp³-hybridized carbons (Fsp3) is 0.478. The van der Waals surface area contributed by atoms with Gasteiger partial charge in [-0.2, -0.15) is 9.61 Å². The summed E-state index contributed by atoms with van der Waals surface area (Å²) in [5.74, 6) is 1.82. The minimum Gasteiger partial charge on any atom is -0.353 e. The van der Waals surface area contributed by atoms with Crippen LogP contribution < -0.4 is 4.90 Å². The summed E-state index contributed by atoms with van der Waals surface area (Å²) in [5.41, 5.74) is 9.30. The zero-order chi connectivity index (χ0) is 20.3. The summed E-state index contributed by atoms with van der Waals surface area (Å²) >= 11 is 3.80. The second kappa shape index (κ2) is 6.87. The Morgan fingerprint density at radius 3 is 2.36 bits per heavy atom. The van der Waals surface area contributed by atoms with Gasteiger partial charge in [0.15, 0.2) is 5.65 Å². The number of fused-ring (bicyclic) bond motifs is 3. The second-order valence-corrected chi connectivity index (χ2v) is 9.42. The van der Waals surface area contributed by atoms with Crippen molar-refractivity contribution in [2.75, 3.05) is 11.4 Å². The van der Waals surface area contributed by atoms with Crippen molar-refractivity contribution in [1.82, 2.24) is 14.6 Å². The fourth-order valence-electron chi connectivity index (χ4n) is 4.49. The first-order valence-corrected chi connectivity index (χ1v) is 10.9. The van der Waals surface area contributed by atoms with E-state index in [1.54, 1.807) is 0 Å². The molecule has 3 heterocycles. The summed E-state index contributed by atoms with van der Waals surface area (Å²) in [4.78, 5) is 7.56. The number of hydrogen-bond donors (Lipinski definition) is 0. The van der Waals surface area contributed by atoms with Gasteiger partial charge in [-0.25, -0.2) is 4.98 Å².